The van der Waals surface area contributed by atoms with E-state index in [0.29, 0.717) is 6.42 Å². The van der Waals surface area contributed by atoms with Gasteiger partial charge in [0.1, 0.15) is 11.5 Å². The molecule has 0 aliphatic carbocycles. The summed E-state index contributed by atoms with van der Waals surface area (Å²) in [7, 11) is -1.81. The SMILES string of the molecule is CC1(C=O)Cc2c(cc(C(C)(C)C)c(O[Si](C)(C)C)c2C(C)(C)C)O1. The summed E-state index contributed by atoms with van der Waals surface area (Å²) in [4.78, 5) is 11.6. The summed E-state index contributed by atoms with van der Waals surface area (Å²) in [5.74, 6) is 1.85. The van der Waals surface area contributed by atoms with Crippen molar-refractivity contribution in [3.63, 3.8) is 0 Å². The van der Waals surface area contributed by atoms with E-state index in [1.54, 1.807) is 0 Å². The van der Waals surface area contributed by atoms with Crippen LogP contribution in [0.3, 0.4) is 0 Å². The quantitative estimate of drug-likeness (QED) is 0.534. The molecule has 0 saturated carbocycles. The lowest BCUT2D eigenvalue weighted by atomic mass is 9.76. The Balaban J connectivity index is 2.85. The lowest BCUT2D eigenvalue weighted by molar-refractivity contribution is -0.118. The average Bonchev–Trinajstić information content (AvgIpc) is 2.70. The van der Waals surface area contributed by atoms with Crippen LogP contribution in [0.4, 0.5) is 0 Å². The van der Waals surface area contributed by atoms with Crippen molar-refractivity contribution in [2.75, 3.05) is 0 Å². The number of hydrogen-bond acceptors (Lipinski definition) is 3. The Hall–Kier alpha value is -1.29. The van der Waals surface area contributed by atoms with Crippen LogP contribution in [-0.2, 0) is 22.0 Å². The van der Waals surface area contributed by atoms with Gasteiger partial charge in [-0.25, -0.2) is 0 Å². The third kappa shape index (κ3) is 4.10. The monoisotopic (exact) mass is 362 g/mol. The first kappa shape index (κ1) is 20.0. The fourth-order valence-electron chi connectivity index (χ4n) is 3.41. The summed E-state index contributed by atoms with van der Waals surface area (Å²) >= 11 is 0. The van der Waals surface area contributed by atoms with Crippen molar-refractivity contribution < 1.29 is 14.0 Å². The lowest BCUT2D eigenvalue weighted by Crippen LogP contribution is -2.33. The largest absolute Gasteiger partial charge is 0.544 e. The van der Waals surface area contributed by atoms with E-state index < -0.39 is 13.9 Å². The number of carbonyl (C=O) groups excluding carboxylic acids is 1. The van der Waals surface area contributed by atoms with Gasteiger partial charge in [-0.3, -0.25) is 4.79 Å². The van der Waals surface area contributed by atoms with E-state index in [0.717, 1.165) is 28.9 Å². The van der Waals surface area contributed by atoms with E-state index in [2.05, 4.69) is 67.2 Å². The van der Waals surface area contributed by atoms with Crippen LogP contribution < -0.4 is 9.16 Å². The molecule has 0 spiro atoms. The van der Waals surface area contributed by atoms with Gasteiger partial charge in [-0.15, -0.1) is 0 Å². The standard InChI is InChI=1S/C21H34O3Si/c1-19(2,3)15-11-16-14(12-21(7,13-22)23-16)17(20(4,5)6)18(15)24-25(8,9)10/h11,13H,12H2,1-10H3. The van der Waals surface area contributed by atoms with Crippen LogP contribution in [0.2, 0.25) is 19.6 Å². The van der Waals surface area contributed by atoms with E-state index in [1.165, 1.54) is 5.56 Å². The third-order valence-electron chi connectivity index (χ3n) is 4.43. The molecule has 0 fully saturated rings. The molecule has 1 unspecified atom stereocenters. The maximum atomic E-state index is 11.6. The molecule has 0 bridgehead atoms. The lowest BCUT2D eigenvalue weighted by Gasteiger charge is -2.34. The highest BCUT2D eigenvalue weighted by Crippen LogP contribution is 2.50. The molecule has 0 aromatic heterocycles. The minimum Gasteiger partial charge on any atom is -0.544 e. The minimum atomic E-state index is -1.81. The molecule has 1 aromatic rings. The maximum absolute atomic E-state index is 11.6. The number of fused-ring (bicyclic) bond motifs is 1. The van der Waals surface area contributed by atoms with Crippen molar-refractivity contribution >= 4 is 14.6 Å². The van der Waals surface area contributed by atoms with Crippen LogP contribution in [0, 0.1) is 0 Å². The molecule has 25 heavy (non-hydrogen) atoms. The van der Waals surface area contributed by atoms with Gasteiger partial charge in [-0.05, 0) is 43.5 Å². The van der Waals surface area contributed by atoms with E-state index in [-0.39, 0.29) is 10.8 Å². The van der Waals surface area contributed by atoms with Gasteiger partial charge in [0, 0.05) is 23.1 Å². The first-order valence-electron chi connectivity index (χ1n) is 9.13. The van der Waals surface area contributed by atoms with Crippen LogP contribution in [0.15, 0.2) is 6.07 Å². The van der Waals surface area contributed by atoms with Crippen molar-refractivity contribution in [3.8, 4) is 11.5 Å². The highest BCUT2D eigenvalue weighted by atomic mass is 28.4. The topological polar surface area (TPSA) is 35.5 Å². The second-order valence-electron chi connectivity index (χ2n) is 10.5. The Morgan fingerprint density at radius 3 is 2.08 bits per heavy atom. The zero-order valence-electron chi connectivity index (χ0n) is 17.6. The number of hydrogen-bond donors (Lipinski definition) is 0. The first-order chi connectivity index (χ1) is 11.1. The zero-order chi connectivity index (χ0) is 19.4. The van der Waals surface area contributed by atoms with Gasteiger partial charge in [0.05, 0.1) is 0 Å². The Kier molecular flexibility index (Phi) is 4.70. The van der Waals surface area contributed by atoms with Gasteiger partial charge >= 0.3 is 0 Å². The van der Waals surface area contributed by atoms with Crippen LogP contribution in [0.1, 0.15) is 65.2 Å². The highest BCUT2D eigenvalue weighted by molar-refractivity contribution is 6.70. The second kappa shape index (κ2) is 5.87. The molecule has 1 heterocycles. The number of aldehydes is 1. The van der Waals surface area contributed by atoms with E-state index in [9.17, 15) is 4.79 Å². The van der Waals surface area contributed by atoms with Crippen LogP contribution in [0.25, 0.3) is 0 Å². The predicted octanol–water partition coefficient (Wildman–Crippen LogP) is 5.39. The van der Waals surface area contributed by atoms with Gasteiger partial charge in [-0.1, -0.05) is 41.5 Å². The molecule has 2 rings (SSSR count). The first-order valence-corrected chi connectivity index (χ1v) is 12.5. The summed E-state index contributed by atoms with van der Waals surface area (Å²) in [6.45, 7) is 21.7. The third-order valence-corrected chi connectivity index (χ3v) is 5.25. The zero-order valence-corrected chi connectivity index (χ0v) is 18.6. The number of carbonyl (C=O) groups is 1. The van der Waals surface area contributed by atoms with Crippen LogP contribution in [-0.4, -0.2) is 20.2 Å². The Bertz CT molecular complexity index is 687. The van der Waals surface area contributed by atoms with Crippen LogP contribution in [0.5, 0.6) is 11.5 Å². The molecule has 0 N–H and O–H groups in total. The molecular formula is C21H34O3Si. The smallest absolute Gasteiger partial charge is 0.242 e. The van der Waals surface area contributed by atoms with Gasteiger partial charge in [-0.2, -0.15) is 0 Å². The summed E-state index contributed by atoms with van der Waals surface area (Å²) in [6.07, 6.45) is 1.53. The Labute approximate surface area is 154 Å². The summed E-state index contributed by atoms with van der Waals surface area (Å²) in [5, 5.41) is 0. The molecule has 1 aliphatic rings. The summed E-state index contributed by atoms with van der Waals surface area (Å²) in [6, 6.07) is 2.11. The Morgan fingerprint density at radius 1 is 1.12 bits per heavy atom. The average molecular weight is 363 g/mol. The summed E-state index contributed by atoms with van der Waals surface area (Å²) < 4.78 is 12.7. The molecule has 0 saturated heterocycles. The van der Waals surface area contributed by atoms with E-state index in [1.807, 2.05) is 6.92 Å². The molecule has 4 heteroatoms. The number of benzene rings is 1. The fourth-order valence-corrected chi connectivity index (χ4v) is 4.24. The van der Waals surface area contributed by atoms with Gasteiger partial charge < -0.3 is 9.16 Å². The van der Waals surface area contributed by atoms with Crippen molar-refractivity contribution in [3.05, 3.63) is 22.8 Å². The predicted molar refractivity (Wildman–Crippen MR) is 107 cm³/mol. The molecule has 0 radical (unpaired) electrons. The van der Waals surface area contributed by atoms with Crippen molar-refractivity contribution in [2.45, 2.75) is 91.0 Å². The molecule has 0 amide bonds. The van der Waals surface area contributed by atoms with Crippen LogP contribution >= 0.6 is 0 Å². The Morgan fingerprint density at radius 2 is 1.68 bits per heavy atom. The number of rotatable bonds is 3. The number of ether oxygens (including phenoxy) is 1. The maximum Gasteiger partial charge on any atom is 0.242 e. The molecule has 1 atom stereocenters. The highest BCUT2D eigenvalue weighted by Gasteiger charge is 2.42. The van der Waals surface area contributed by atoms with Gasteiger partial charge in [0.2, 0.25) is 8.32 Å². The second-order valence-corrected chi connectivity index (χ2v) is 15.0. The molecule has 3 nitrogen and oxygen atoms in total. The van der Waals surface area contributed by atoms with Crippen molar-refractivity contribution in [1.29, 1.82) is 0 Å². The molecule has 1 aliphatic heterocycles. The van der Waals surface area contributed by atoms with Gasteiger partial charge in [0.25, 0.3) is 0 Å². The fraction of sp³-hybridized carbons (Fsp3) is 0.667. The minimum absolute atomic E-state index is 0.0758. The van der Waals surface area contributed by atoms with Crippen molar-refractivity contribution in [2.24, 2.45) is 0 Å². The summed E-state index contributed by atoms with van der Waals surface area (Å²) in [5.41, 5.74) is 2.53. The molecular weight excluding hydrogens is 328 g/mol. The van der Waals surface area contributed by atoms with Crippen molar-refractivity contribution in [1.82, 2.24) is 0 Å². The van der Waals surface area contributed by atoms with E-state index >= 15 is 0 Å². The van der Waals surface area contributed by atoms with E-state index in [4.69, 9.17) is 9.16 Å². The molecule has 1 aromatic carbocycles. The molecule has 140 valence electrons. The van der Waals surface area contributed by atoms with Gasteiger partial charge in [0.15, 0.2) is 11.9 Å². The normalized spacial score (nSPS) is 20.9.